The molecule has 1 aromatic heterocycles. The average Bonchev–Trinajstić information content (AvgIpc) is 2.27. The molecule has 0 aliphatic carbocycles. The van der Waals surface area contributed by atoms with Crippen LogP contribution in [-0.2, 0) is 0 Å². The summed E-state index contributed by atoms with van der Waals surface area (Å²) in [6.45, 7) is 0. The molecule has 2 rings (SSSR count). The van der Waals surface area contributed by atoms with Crippen LogP contribution in [0, 0.1) is 4.77 Å². The van der Waals surface area contributed by atoms with Crippen molar-refractivity contribution in [2.75, 3.05) is 0 Å². The van der Waals surface area contributed by atoms with Crippen molar-refractivity contribution in [3.8, 4) is 0 Å². The number of carbonyl (C=O) groups is 1. The Kier molecular flexibility index (Phi) is 5.36. The van der Waals surface area contributed by atoms with Gasteiger partial charge in [-0.25, -0.2) is 5.48 Å². The second kappa shape index (κ2) is 6.12. The molecule has 82 valence electrons. The predicted molar refractivity (Wildman–Crippen MR) is 58.0 cm³/mol. The fraction of sp³-hybridized carbons (Fsp3) is 0. The minimum Gasteiger partial charge on any atom is -0.426 e. The zero-order chi connectivity index (χ0) is 11.7. The van der Waals surface area contributed by atoms with Crippen LogP contribution in [0.15, 0.2) is 23.0 Å². The molecule has 6 nitrogen and oxygen atoms in total. The van der Waals surface area contributed by atoms with Gasteiger partial charge in [0.15, 0.2) is 5.56 Å². The quantitative estimate of drug-likeness (QED) is 0.303. The second-order valence-corrected chi connectivity index (χ2v) is 3.43. The van der Waals surface area contributed by atoms with E-state index in [-0.39, 0.29) is 73.9 Å². The smallest absolute Gasteiger partial charge is 0.426 e. The van der Waals surface area contributed by atoms with Gasteiger partial charge in [-0.3, -0.25) is 14.8 Å². The van der Waals surface area contributed by atoms with Gasteiger partial charge in [0.05, 0.1) is 0 Å². The maximum atomic E-state index is 11.5. The first-order chi connectivity index (χ1) is 7.61. The summed E-state index contributed by atoms with van der Waals surface area (Å²) < 4.78 is 0.0943. The third-order valence-electron chi connectivity index (χ3n) is 2.05. The number of fused-ring (bicyclic) bond motifs is 1. The van der Waals surface area contributed by atoms with Crippen molar-refractivity contribution < 1.29 is 68.2 Å². The summed E-state index contributed by atoms with van der Waals surface area (Å²) in [6.07, 6.45) is 0. The Balaban J connectivity index is 0.00000144. The zero-order valence-electron chi connectivity index (χ0n) is 8.85. The molecule has 17 heavy (non-hydrogen) atoms. The number of H-pyrrole nitrogens is 1. The molecule has 1 aromatic carbocycles. The van der Waals surface area contributed by atoms with Gasteiger partial charge in [-0.05, 0) is 17.6 Å². The van der Waals surface area contributed by atoms with Gasteiger partial charge in [0.1, 0.15) is 0 Å². The first-order valence-corrected chi connectivity index (χ1v) is 4.68. The molecular weight excluding hydrogens is 316 g/mol. The number of amides is 1. The van der Waals surface area contributed by atoms with E-state index in [1.807, 2.05) is 0 Å². The minimum absolute atomic E-state index is 0. The van der Waals surface area contributed by atoms with Crippen LogP contribution in [0.25, 0.3) is 10.9 Å². The second-order valence-electron chi connectivity index (χ2n) is 3.04. The van der Waals surface area contributed by atoms with E-state index in [2.05, 4.69) is 9.97 Å². The maximum Gasteiger partial charge on any atom is 1.00 e. The maximum absolute atomic E-state index is 11.5. The largest absolute Gasteiger partial charge is 1.00 e. The zero-order valence-corrected chi connectivity index (χ0v) is 14.6. The summed E-state index contributed by atoms with van der Waals surface area (Å²) in [6, 6.07) is 4.27. The summed E-state index contributed by atoms with van der Waals surface area (Å²) in [5, 5.41) is 8.70. The summed E-state index contributed by atoms with van der Waals surface area (Å²) >= 11 is 4.75. The van der Waals surface area contributed by atoms with Gasteiger partial charge in [-0.1, -0.05) is 18.3 Å². The number of nitrogens with one attached hydrogen (secondary N) is 2. The van der Waals surface area contributed by atoms with Gasteiger partial charge < -0.3 is 9.97 Å². The van der Waals surface area contributed by atoms with Crippen LogP contribution in [0.1, 0.15) is 10.4 Å². The number of aromatic amines is 1. The number of hydroxylamine groups is 1. The Morgan fingerprint density at radius 2 is 2.18 bits per heavy atom. The number of benzene rings is 1. The summed E-state index contributed by atoms with van der Waals surface area (Å²) in [4.78, 5) is 28.9. The van der Waals surface area contributed by atoms with Crippen molar-refractivity contribution in [2.24, 2.45) is 0 Å². The molecule has 0 spiro atoms. The molecule has 8 heteroatoms. The molecule has 2 aromatic rings. The van der Waals surface area contributed by atoms with Crippen molar-refractivity contribution in [3.05, 3.63) is 38.9 Å². The molecule has 0 saturated carbocycles. The molecule has 0 aliphatic heterocycles. The van der Waals surface area contributed by atoms with Gasteiger partial charge in [0.2, 0.25) is 0 Å². The van der Waals surface area contributed by atoms with Gasteiger partial charge in [0, 0.05) is 15.7 Å². The van der Waals surface area contributed by atoms with Crippen LogP contribution < -0.4 is 74.2 Å². The Morgan fingerprint density at radius 1 is 1.47 bits per heavy atom. The molecule has 0 saturated heterocycles. The van der Waals surface area contributed by atoms with E-state index >= 15 is 0 Å². The Hall–Kier alpha value is -0.185. The summed E-state index contributed by atoms with van der Waals surface area (Å²) in [7, 11) is 0. The predicted octanol–water partition coefficient (Wildman–Crippen LogP) is -2.66. The van der Waals surface area contributed by atoms with Crippen LogP contribution in [0.2, 0.25) is 0 Å². The molecular formula is C9H6N3O3RbS. The molecule has 1 amide bonds. The third kappa shape index (κ3) is 3.18. The van der Waals surface area contributed by atoms with Crippen molar-refractivity contribution >= 4 is 29.0 Å². The Bertz CT molecular complexity index is 679. The first-order valence-electron chi connectivity index (χ1n) is 4.27. The van der Waals surface area contributed by atoms with Crippen molar-refractivity contribution in [1.29, 1.82) is 0 Å². The van der Waals surface area contributed by atoms with E-state index in [0.29, 0.717) is 5.52 Å². The fourth-order valence-electron chi connectivity index (χ4n) is 1.32. The summed E-state index contributed by atoms with van der Waals surface area (Å²) in [5.41, 5.74) is 1.64. The van der Waals surface area contributed by atoms with E-state index in [4.69, 9.17) is 17.4 Å². The Labute approximate surface area is 149 Å². The monoisotopic (exact) mass is 321 g/mol. The minimum atomic E-state index is -0.691. The van der Waals surface area contributed by atoms with E-state index in [0.717, 1.165) is 0 Å². The van der Waals surface area contributed by atoms with E-state index in [9.17, 15) is 9.59 Å². The van der Waals surface area contributed by atoms with Crippen LogP contribution in [0.5, 0.6) is 0 Å². The van der Waals surface area contributed by atoms with Crippen molar-refractivity contribution in [2.45, 2.75) is 0 Å². The molecule has 0 unspecified atom stereocenters. The van der Waals surface area contributed by atoms with E-state index < -0.39 is 11.5 Å². The number of nitrogens with zero attached hydrogens (tertiary/aromatic N) is 1. The molecule has 0 radical (unpaired) electrons. The van der Waals surface area contributed by atoms with E-state index in [1.54, 1.807) is 0 Å². The Morgan fingerprint density at radius 3 is 2.82 bits per heavy atom. The topological polar surface area (TPSA) is 96.3 Å². The standard InChI is InChI=1S/C9H7N3O3S.Rb/c13-7(12-15)4-1-2-6-5(3-4)8(14)11-9(16)10-6;/h1-3H,(H4,10,11,12,13,14,15,16);/q;+1/p-1. The molecule has 0 atom stereocenters. The number of rotatable bonds is 1. The van der Waals surface area contributed by atoms with Gasteiger partial charge in [0.25, 0.3) is 5.91 Å². The van der Waals surface area contributed by atoms with Crippen molar-refractivity contribution in [3.63, 3.8) is 0 Å². The van der Waals surface area contributed by atoms with Crippen LogP contribution >= 0.6 is 12.2 Å². The number of hydrogen-bond acceptors (Lipinski definition) is 4. The van der Waals surface area contributed by atoms with Crippen LogP contribution in [0.3, 0.4) is 0 Å². The molecule has 0 fully saturated rings. The molecule has 0 aliphatic rings. The van der Waals surface area contributed by atoms with Crippen molar-refractivity contribution in [1.82, 2.24) is 15.4 Å². The number of carbonyl (C=O) groups excluding carboxylic acids is 1. The molecule has 0 bridgehead atoms. The van der Waals surface area contributed by atoms with Gasteiger partial charge in [-0.15, -0.1) is 0 Å². The number of hydrogen-bond donors (Lipinski definition) is 3. The van der Waals surface area contributed by atoms with Crippen LogP contribution in [-0.4, -0.2) is 16.1 Å². The normalized spacial score (nSPS) is 9.71. The van der Waals surface area contributed by atoms with Gasteiger partial charge in [-0.2, -0.15) is 0 Å². The molecule has 1 heterocycles. The SMILES string of the molecule is O=C(NO)c1ccc2[n-]c(=S)[nH]c(=O)c2c1.[Rb+]. The fourth-order valence-corrected chi connectivity index (χ4v) is 1.51. The first kappa shape index (κ1) is 14.9. The third-order valence-corrected chi connectivity index (χ3v) is 2.24. The van der Waals surface area contributed by atoms with Gasteiger partial charge >= 0.3 is 58.2 Å². The molecule has 3 N–H and O–H groups in total. The summed E-state index contributed by atoms with van der Waals surface area (Å²) in [5.74, 6) is -0.691. The number of aromatic nitrogens is 2. The average molecular weight is 322 g/mol. The van der Waals surface area contributed by atoms with Crippen LogP contribution in [0.4, 0.5) is 0 Å². The van der Waals surface area contributed by atoms with E-state index in [1.165, 1.54) is 23.7 Å².